The molecule has 3 amide bonds. The van der Waals surface area contributed by atoms with Gasteiger partial charge in [-0.2, -0.15) is 0 Å². The van der Waals surface area contributed by atoms with E-state index in [9.17, 15) is 24.0 Å². The Balaban J connectivity index is 1.98. The van der Waals surface area contributed by atoms with Crippen LogP contribution < -0.4 is 5.32 Å². The Morgan fingerprint density at radius 1 is 1.20 bits per heavy atom. The maximum Gasteiger partial charge on any atom is 0.408 e. The fourth-order valence-electron chi connectivity index (χ4n) is 2.10. The molecule has 0 unspecified atom stereocenters. The normalized spacial score (nSPS) is 18.8. The number of rotatable bonds is 4. The molecule has 1 aliphatic heterocycles. The second-order valence-electron chi connectivity index (χ2n) is 5.00. The number of hydrogen-bond donors (Lipinski definition) is 2. The van der Waals surface area contributed by atoms with Gasteiger partial charge in [-0.15, -0.1) is 0 Å². The molecule has 0 spiro atoms. The van der Waals surface area contributed by atoms with Crippen molar-refractivity contribution in [1.29, 1.82) is 0 Å². The molecule has 1 aromatic carbocycles. The molecule has 0 aliphatic carbocycles. The van der Waals surface area contributed by atoms with E-state index in [-0.39, 0.29) is 11.5 Å². The summed E-state index contributed by atoms with van der Waals surface area (Å²) in [6.45, 7) is 0.945. The number of carbonyl (C=O) groups excluding carboxylic acids is 4. The van der Waals surface area contributed by atoms with Crippen LogP contribution in [0.25, 0.3) is 0 Å². The quantitative estimate of drug-likeness (QED) is 0.426. The van der Waals surface area contributed by atoms with Gasteiger partial charge in [0, 0.05) is 6.92 Å². The number of amides is 3. The van der Waals surface area contributed by atoms with Crippen LogP contribution in [-0.2, 0) is 35.3 Å². The maximum absolute atomic E-state index is 11.9. The van der Waals surface area contributed by atoms with E-state index in [1.165, 1.54) is 0 Å². The highest BCUT2D eigenvalue weighted by molar-refractivity contribution is 6.36. The summed E-state index contributed by atoms with van der Waals surface area (Å²) in [6, 6.07) is 7.31. The number of carboxylic acids is 1. The lowest BCUT2D eigenvalue weighted by atomic mass is 10.0. The first-order valence-electron chi connectivity index (χ1n) is 7.06. The van der Waals surface area contributed by atoms with Crippen LogP contribution in [0.5, 0.6) is 0 Å². The Morgan fingerprint density at radius 2 is 1.84 bits per heavy atom. The zero-order valence-corrected chi connectivity index (χ0v) is 13.0. The van der Waals surface area contributed by atoms with Crippen molar-refractivity contribution in [2.45, 2.75) is 25.8 Å². The van der Waals surface area contributed by atoms with Crippen molar-refractivity contribution >= 4 is 29.8 Å². The number of aliphatic carboxylic acids is 1. The van der Waals surface area contributed by atoms with Gasteiger partial charge in [0.05, 0.1) is 0 Å². The predicted octanol–water partition coefficient (Wildman–Crippen LogP) is -0.376. The summed E-state index contributed by atoms with van der Waals surface area (Å²) in [4.78, 5) is 57.1. The van der Waals surface area contributed by atoms with E-state index in [0.29, 0.717) is 5.56 Å². The predicted molar refractivity (Wildman–Crippen MR) is 78.6 cm³/mol. The van der Waals surface area contributed by atoms with Crippen molar-refractivity contribution in [2.24, 2.45) is 0 Å². The maximum atomic E-state index is 11.9. The molecule has 2 rings (SSSR count). The Labute approximate surface area is 141 Å². The van der Waals surface area contributed by atoms with Crippen molar-refractivity contribution in [3.05, 3.63) is 35.9 Å². The summed E-state index contributed by atoms with van der Waals surface area (Å²) >= 11 is 0. The Morgan fingerprint density at radius 3 is 2.40 bits per heavy atom. The van der Waals surface area contributed by atoms with Crippen molar-refractivity contribution in [2.75, 3.05) is 0 Å². The van der Waals surface area contributed by atoms with Gasteiger partial charge in [-0.3, -0.25) is 14.4 Å². The van der Waals surface area contributed by atoms with E-state index in [1.807, 2.05) is 0 Å². The number of carbonyl (C=O) groups is 5. The highest BCUT2D eigenvalue weighted by atomic mass is 16.6. The Kier molecular flexibility index (Phi) is 5.32. The second kappa shape index (κ2) is 7.43. The second-order valence-corrected chi connectivity index (χ2v) is 5.00. The first-order chi connectivity index (χ1) is 11.8. The average Bonchev–Trinajstić information content (AvgIpc) is 2.57. The lowest BCUT2D eigenvalue weighted by molar-refractivity contribution is -0.195. The van der Waals surface area contributed by atoms with E-state index in [4.69, 9.17) is 14.6 Å². The van der Waals surface area contributed by atoms with Crippen LogP contribution in [0.15, 0.2) is 30.3 Å². The standard InChI is InChI=1S/C15H14N2O8/c1-8(18)25-13-10(11(19)17(13)12(20)14(21)22)16-15(23)24-7-9-5-3-2-4-6-9/h2-6,10,13H,7H2,1H3,(H,16,23)(H,21,22)/t10-,13+/m1/s1. The number of likely N-dealkylation sites (tertiary alicyclic amines) is 1. The number of esters is 1. The zero-order valence-electron chi connectivity index (χ0n) is 13.0. The summed E-state index contributed by atoms with van der Waals surface area (Å²) in [5, 5.41) is 10.8. The molecule has 10 heteroatoms. The summed E-state index contributed by atoms with van der Waals surface area (Å²) < 4.78 is 9.65. The van der Waals surface area contributed by atoms with Gasteiger partial charge in [0.1, 0.15) is 6.61 Å². The van der Waals surface area contributed by atoms with Crippen molar-refractivity contribution < 1.29 is 38.6 Å². The smallest absolute Gasteiger partial charge is 0.408 e. The van der Waals surface area contributed by atoms with Crippen LogP contribution in [-0.4, -0.2) is 52.1 Å². The highest BCUT2D eigenvalue weighted by Crippen LogP contribution is 2.22. The number of carboxylic acid groups (broad SMARTS) is 1. The number of β-lactam (4-membered cyclic amide) rings is 1. The molecule has 0 saturated carbocycles. The van der Waals surface area contributed by atoms with Gasteiger partial charge in [0.25, 0.3) is 5.91 Å². The van der Waals surface area contributed by atoms with Crippen LogP contribution >= 0.6 is 0 Å². The van der Waals surface area contributed by atoms with Crippen molar-refractivity contribution in [1.82, 2.24) is 10.2 Å². The lowest BCUT2D eigenvalue weighted by Crippen LogP contribution is -2.74. The van der Waals surface area contributed by atoms with E-state index in [2.05, 4.69) is 5.32 Å². The molecule has 1 saturated heterocycles. The third-order valence-electron chi connectivity index (χ3n) is 3.22. The SMILES string of the molecule is CC(=O)O[C@H]1[C@H](NC(=O)OCc2ccccc2)C(=O)N1C(=O)C(=O)O. The first kappa shape index (κ1) is 17.9. The minimum absolute atomic E-state index is 0.0659. The molecule has 0 aromatic heterocycles. The molecule has 10 nitrogen and oxygen atoms in total. The zero-order chi connectivity index (χ0) is 18.6. The third-order valence-corrected chi connectivity index (χ3v) is 3.22. The van der Waals surface area contributed by atoms with Gasteiger partial charge in [0.15, 0.2) is 6.04 Å². The fraction of sp³-hybridized carbons (Fsp3) is 0.267. The first-order valence-corrected chi connectivity index (χ1v) is 7.06. The number of imide groups is 1. The minimum atomic E-state index is -1.89. The van der Waals surface area contributed by atoms with E-state index in [0.717, 1.165) is 6.92 Å². The van der Waals surface area contributed by atoms with Crippen LogP contribution in [0.1, 0.15) is 12.5 Å². The van der Waals surface area contributed by atoms with Gasteiger partial charge in [-0.05, 0) is 5.56 Å². The van der Waals surface area contributed by atoms with Gasteiger partial charge < -0.3 is 19.9 Å². The number of hydrogen-bond acceptors (Lipinski definition) is 7. The van der Waals surface area contributed by atoms with Gasteiger partial charge in [-0.1, -0.05) is 30.3 Å². The molecule has 132 valence electrons. The third kappa shape index (κ3) is 4.10. The molecule has 25 heavy (non-hydrogen) atoms. The molecule has 1 heterocycles. The molecule has 0 bridgehead atoms. The number of nitrogens with one attached hydrogen (secondary N) is 1. The topological polar surface area (TPSA) is 139 Å². The van der Waals surface area contributed by atoms with Crippen LogP contribution in [0.3, 0.4) is 0 Å². The molecule has 2 atom stereocenters. The van der Waals surface area contributed by atoms with E-state index >= 15 is 0 Å². The largest absolute Gasteiger partial charge is 0.474 e. The Bertz CT molecular complexity index is 718. The number of alkyl carbamates (subject to hydrolysis) is 1. The van der Waals surface area contributed by atoms with E-state index < -0.39 is 42.1 Å². The molecule has 0 radical (unpaired) electrons. The van der Waals surface area contributed by atoms with Crippen molar-refractivity contribution in [3.63, 3.8) is 0 Å². The molecule has 1 aromatic rings. The minimum Gasteiger partial charge on any atom is -0.474 e. The summed E-state index contributed by atoms with van der Waals surface area (Å²) in [6.07, 6.45) is -2.53. The monoisotopic (exact) mass is 350 g/mol. The van der Waals surface area contributed by atoms with Gasteiger partial charge >= 0.3 is 23.9 Å². The van der Waals surface area contributed by atoms with Gasteiger partial charge in [0.2, 0.25) is 6.23 Å². The fourth-order valence-corrected chi connectivity index (χ4v) is 2.10. The molecular weight excluding hydrogens is 336 g/mol. The summed E-state index contributed by atoms with van der Waals surface area (Å²) in [7, 11) is 0. The molecule has 2 N–H and O–H groups in total. The molecule has 1 aliphatic rings. The lowest BCUT2D eigenvalue weighted by Gasteiger charge is -2.42. The van der Waals surface area contributed by atoms with Crippen LogP contribution in [0, 0.1) is 0 Å². The van der Waals surface area contributed by atoms with E-state index in [1.54, 1.807) is 30.3 Å². The Hall–Kier alpha value is -3.43. The van der Waals surface area contributed by atoms with Crippen molar-refractivity contribution in [3.8, 4) is 0 Å². The summed E-state index contributed by atoms with van der Waals surface area (Å²) in [5.41, 5.74) is 0.705. The average molecular weight is 350 g/mol. The highest BCUT2D eigenvalue weighted by Gasteiger charge is 2.55. The number of ether oxygens (including phenoxy) is 2. The summed E-state index contributed by atoms with van der Waals surface area (Å²) in [5.74, 6) is -5.33. The van der Waals surface area contributed by atoms with Crippen LogP contribution in [0.4, 0.5) is 4.79 Å². The number of benzene rings is 1. The van der Waals surface area contributed by atoms with Gasteiger partial charge in [-0.25, -0.2) is 14.5 Å². The number of nitrogens with zero attached hydrogens (tertiary/aromatic N) is 1. The molecule has 1 fully saturated rings. The molecular formula is C15H14N2O8. The van der Waals surface area contributed by atoms with Crippen LogP contribution in [0.2, 0.25) is 0 Å².